The van der Waals surface area contributed by atoms with Gasteiger partial charge in [0.05, 0.1) is 11.6 Å². The van der Waals surface area contributed by atoms with Crippen LogP contribution in [0.2, 0.25) is 0 Å². The minimum Gasteiger partial charge on any atom is -0.366 e. The van der Waals surface area contributed by atoms with Crippen LogP contribution in [0.1, 0.15) is 71.5 Å². The zero-order valence-electron chi connectivity index (χ0n) is 16.7. The third-order valence-electron chi connectivity index (χ3n) is 6.04. The van der Waals surface area contributed by atoms with Gasteiger partial charge in [-0.3, -0.25) is 4.79 Å². The Kier molecular flexibility index (Phi) is 5.40. The highest BCUT2D eigenvalue weighted by atomic mass is 32.1. The Hall–Kier alpha value is -2.33. The van der Waals surface area contributed by atoms with E-state index in [9.17, 15) is 4.79 Å². The van der Waals surface area contributed by atoms with Gasteiger partial charge in [-0.25, -0.2) is 0 Å². The lowest BCUT2D eigenvalue weighted by Crippen LogP contribution is -2.15. The van der Waals surface area contributed by atoms with E-state index >= 15 is 0 Å². The van der Waals surface area contributed by atoms with Crippen molar-refractivity contribution < 1.29 is 4.79 Å². The topological polar surface area (TPSA) is 48.0 Å². The minimum absolute atomic E-state index is 0.290. The van der Waals surface area contributed by atoms with Crippen molar-refractivity contribution in [2.45, 2.75) is 58.4 Å². The Labute approximate surface area is 171 Å². The first-order valence-electron chi connectivity index (χ1n) is 10.3. The third kappa shape index (κ3) is 3.20. The minimum atomic E-state index is -0.319. The third-order valence-corrected chi connectivity index (χ3v) is 6.72. The predicted molar refractivity (Wildman–Crippen MR) is 117 cm³/mol. The number of primary amides is 1. The molecule has 1 aliphatic rings. The Morgan fingerprint density at radius 2 is 2.07 bits per heavy atom. The van der Waals surface area contributed by atoms with Gasteiger partial charge in [0.25, 0.3) is 5.91 Å². The van der Waals surface area contributed by atoms with E-state index in [0.29, 0.717) is 11.6 Å². The van der Waals surface area contributed by atoms with Gasteiger partial charge in [-0.05, 0) is 66.1 Å². The van der Waals surface area contributed by atoms with Gasteiger partial charge in [-0.1, -0.05) is 44.0 Å². The molecule has 0 radical (unpaired) electrons. The van der Waals surface area contributed by atoms with Crippen molar-refractivity contribution in [2.75, 3.05) is 0 Å². The van der Waals surface area contributed by atoms with Crippen LogP contribution in [-0.4, -0.2) is 10.5 Å². The molecular weight excluding hydrogens is 364 g/mol. The van der Waals surface area contributed by atoms with Crippen molar-refractivity contribution >= 4 is 17.2 Å². The maximum atomic E-state index is 12.5. The molecule has 0 spiro atoms. The van der Waals surface area contributed by atoms with E-state index in [1.54, 1.807) is 11.3 Å². The number of nitrogens with two attached hydrogens (primary N) is 1. The van der Waals surface area contributed by atoms with Crippen LogP contribution in [0.4, 0.5) is 0 Å². The van der Waals surface area contributed by atoms with E-state index in [2.05, 4.69) is 59.5 Å². The molecule has 1 amide bonds. The lowest BCUT2D eigenvalue weighted by atomic mass is 9.99. The maximum Gasteiger partial charge on any atom is 0.251 e. The molecular formula is C24H28N2OS. The summed E-state index contributed by atoms with van der Waals surface area (Å²) < 4.78 is 2.44. The van der Waals surface area contributed by atoms with E-state index in [4.69, 9.17) is 5.73 Å². The summed E-state index contributed by atoms with van der Waals surface area (Å²) >= 11 is 1.67. The summed E-state index contributed by atoms with van der Waals surface area (Å²) in [5.41, 5.74) is 13.9. The molecule has 1 aliphatic carbocycles. The summed E-state index contributed by atoms with van der Waals surface area (Å²) in [6, 6.07) is 11.1. The summed E-state index contributed by atoms with van der Waals surface area (Å²) in [5.74, 6) is -0.319. The van der Waals surface area contributed by atoms with Crippen LogP contribution in [0, 0.1) is 6.92 Å². The zero-order valence-corrected chi connectivity index (χ0v) is 17.5. The Bertz CT molecular complexity index is 984. The lowest BCUT2D eigenvalue weighted by molar-refractivity contribution is 0.1000. The van der Waals surface area contributed by atoms with Crippen molar-refractivity contribution in [3.05, 3.63) is 69.2 Å². The van der Waals surface area contributed by atoms with Crippen molar-refractivity contribution in [3.8, 4) is 11.1 Å². The maximum absolute atomic E-state index is 12.5. The second kappa shape index (κ2) is 7.96. The molecule has 2 heterocycles. The van der Waals surface area contributed by atoms with Gasteiger partial charge in [0.15, 0.2) is 0 Å². The van der Waals surface area contributed by atoms with Gasteiger partial charge in [0.1, 0.15) is 0 Å². The zero-order chi connectivity index (χ0) is 19.7. The molecule has 0 aliphatic heterocycles. The molecule has 1 aromatic carbocycles. The Morgan fingerprint density at radius 3 is 2.79 bits per heavy atom. The molecule has 146 valence electrons. The average molecular weight is 393 g/mol. The number of hydrogen-bond donors (Lipinski definition) is 1. The number of carbonyl (C=O) groups excluding carboxylic acids is 1. The molecule has 28 heavy (non-hydrogen) atoms. The molecule has 2 N–H and O–H groups in total. The highest BCUT2D eigenvalue weighted by molar-refractivity contribution is 7.08. The average Bonchev–Trinajstić information content (AvgIpc) is 3.39. The van der Waals surface area contributed by atoms with Crippen LogP contribution in [0.5, 0.6) is 0 Å². The van der Waals surface area contributed by atoms with Crippen LogP contribution >= 0.6 is 11.3 Å². The van der Waals surface area contributed by atoms with Gasteiger partial charge in [0.2, 0.25) is 0 Å². The molecule has 1 unspecified atom stereocenters. The number of carbonyl (C=O) groups is 1. The summed E-state index contributed by atoms with van der Waals surface area (Å²) in [4.78, 5) is 12.5. The van der Waals surface area contributed by atoms with E-state index in [1.165, 1.54) is 29.7 Å². The highest BCUT2D eigenvalue weighted by Gasteiger charge is 2.31. The van der Waals surface area contributed by atoms with Crippen LogP contribution in [0.25, 0.3) is 11.1 Å². The number of fused-ring (bicyclic) bond motifs is 1. The highest BCUT2D eigenvalue weighted by Crippen LogP contribution is 2.42. The van der Waals surface area contributed by atoms with Gasteiger partial charge in [-0.2, -0.15) is 11.3 Å². The lowest BCUT2D eigenvalue weighted by Gasteiger charge is -2.21. The predicted octanol–water partition coefficient (Wildman–Crippen LogP) is 5.89. The Morgan fingerprint density at radius 1 is 1.25 bits per heavy atom. The monoisotopic (exact) mass is 392 g/mol. The van der Waals surface area contributed by atoms with Gasteiger partial charge >= 0.3 is 0 Å². The molecule has 2 aromatic heterocycles. The normalized spacial score (nSPS) is 15.7. The molecule has 0 saturated heterocycles. The molecule has 0 saturated carbocycles. The summed E-state index contributed by atoms with van der Waals surface area (Å²) in [6.07, 6.45) is 6.65. The first-order valence-corrected chi connectivity index (χ1v) is 11.2. The van der Waals surface area contributed by atoms with Crippen molar-refractivity contribution in [3.63, 3.8) is 0 Å². The number of unbranched alkanes of at least 4 members (excludes halogenated alkanes) is 2. The van der Waals surface area contributed by atoms with E-state index in [0.717, 1.165) is 42.5 Å². The fraction of sp³-hybridized carbons (Fsp3) is 0.375. The number of nitrogens with zero attached hydrogens (tertiary/aromatic N) is 1. The molecule has 4 heteroatoms. The number of amides is 1. The van der Waals surface area contributed by atoms with E-state index in [-0.39, 0.29) is 5.91 Å². The largest absolute Gasteiger partial charge is 0.366 e. The first-order chi connectivity index (χ1) is 13.6. The first kappa shape index (κ1) is 19.0. The van der Waals surface area contributed by atoms with Gasteiger partial charge < -0.3 is 10.3 Å². The second-order valence-corrected chi connectivity index (χ2v) is 8.52. The van der Waals surface area contributed by atoms with E-state index < -0.39 is 0 Å². The van der Waals surface area contributed by atoms with Crippen molar-refractivity contribution in [2.24, 2.45) is 5.73 Å². The number of rotatable bonds is 7. The fourth-order valence-corrected chi connectivity index (χ4v) is 5.45. The van der Waals surface area contributed by atoms with Crippen molar-refractivity contribution in [1.82, 2.24) is 4.57 Å². The van der Waals surface area contributed by atoms with Crippen LogP contribution in [-0.2, 0) is 12.8 Å². The van der Waals surface area contributed by atoms with E-state index in [1.807, 2.05) is 0 Å². The summed E-state index contributed by atoms with van der Waals surface area (Å²) in [5, 5.41) is 4.21. The molecule has 3 nitrogen and oxygen atoms in total. The molecule has 4 rings (SSSR count). The van der Waals surface area contributed by atoms with Crippen LogP contribution in [0.3, 0.4) is 0 Å². The number of aryl methyl sites for hydroxylation is 1. The SMILES string of the molecule is CCCCCc1c(-c2ccsc2)c(C(N)=O)c(C)n1C1CCc2ccccc21. The van der Waals surface area contributed by atoms with Crippen LogP contribution < -0.4 is 5.73 Å². The fourth-order valence-electron chi connectivity index (χ4n) is 4.80. The number of hydrogen-bond acceptors (Lipinski definition) is 2. The summed E-state index contributed by atoms with van der Waals surface area (Å²) in [6.45, 7) is 4.30. The number of benzene rings is 1. The molecule has 0 bridgehead atoms. The van der Waals surface area contributed by atoms with Gasteiger partial charge in [-0.15, -0.1) is 0 Å². The van der Waals surface area contributed by atoms with Crippen LogP contribution in [0.15, 0.2) is 41.1 Å². The molecule has 0 fully saturated rings. The summed E-state index contributed by atoms with van der Waals surface area (Å²) in [7, 11) is 0. The second-order valence-electron chi connectivity index (χ2n) is 7.74. The van der Waals surface area contributed by atoms with Gasteiger partial charge in [0, 0.05) is 17.0 Å². The molecule has 1 atom stereocenters. The smallest absolute Gasteiger partial charge is 0.251 e. The quantitative estimate of drug-likeness (QED) is 0.501. The molecule has 3 aromatic rings. The number of thiophene rings is 1. The standard InChI is InChI=1S/C24H28N2OS/c1-3-4-5-10-21-23(18-13-14-28-15-18)22(24(25)27)16(2)26(21)20-12-11-17-8-6-7-9-19(17)20/h6-9,13-15,20H,3-5,10-12H2,1-2H3,(H2,25,27). The Balaban J connectivity index is 1.92. The number of aromatic nitrogens is 1. The van der Waals surface area contributed by atoms with Crippen molar-refractivity contribution in [1.29, 1.82) is 0 Å².